The lowest BCUT2D eigenvalue weighted by Crippen LogP contribution is -2.34. The van der Waals surface area contributed by atoms with Crippen LogP contribution in [0.15, 0.2) is 77.9 Å². The van der Waals surface area contributed by atoms with Gasteiger partial charge in [0.15, 0.2) is 5.82 Å². The number of amides is 1. The van der Waals surface area contributed by atoms with E-state index in [0.29, 0.717) is 33.9 Å². The fourth-order valence-corrected chi connectivity index (χ4v) is 4.24. The van der Waals surface area contributed by atoms with Crippen molar-refractivity contribution in [1.82, 2.24) is 29.4 Å². The zero-order chi connectivity index (χ0) is 25.9. The molecule has 0 aliphatic rings. The molecular formula is C27H26N6O4. The number of aryl methyl sites for hydroxylation is 1. The number of aromatic nitrogens is 5. The number of fused-ring (bicyclic) bond motifs is 1. The minimum atomic E-state index is -0.402. The van der Waals surface area contributed by atoms with Crippen molar-refractivity contribution in [3.05, 3.63) is 94.7 Å². The molecule has 5 rings (SSSR count). The minimum Gasteiger partial charge on any atom is -0.497 e. The predicted octanol–water partition coefficient (Wildman–Crippen LogP) is 3.01. The monoisotopic (exact) mass is 498 g/mol. The van der Waals surface area contributed by atoms with Crippen LogP contribution in [0.1, 0.15) is 11.3 Å². The summed E-state index contributed by atoms with van der Waals surface area (Å²) in [7, 11) is 3.13. The summed E-state index contributed by atoms with van der Waals surface area (Å²) in [5.74, 6) is 1.49. The Hall–Kier alpha value is -4.86. The first-order valence-corrected chi connectivity index (χ1v) is 11.7. The summed E-state index contributed by atoms with van der Waals surface area (Å²) < 4.78 is 15.4. The maximum absolute atomic E-state index is 13.7. The van der Waals surface area contributed by atoms with Crippen LogP contribution in [0.3, 0.4) is 0 Å². The largest absolute Gasteiger partial charge is 0.497 e. The Labute approximate surface area is 212 Å². The molecule has 3 aromatic heterocycles. The average molecular weight is 499 g/mol. The van der Waals surface area contributed by atoms with Gasteiger partial charge in [0.1, 0.15) is 28.9 Å². The van der Waals surface area contributed by atoms with Crippen LogP contribution in [0.5, 0.6) is 11.5 Å². The molecule has 1 amide bonds. The van der Waals surface area contributed by atoms with Gasteiger partial charge in [-0.3, -0.25) is 9.59 Å². The number of rotatable bonds is 8. The van der Waals surface area contributed by atoms with Gasteiger partial charge in [-0.15, -0.1) is 0 Å². The van der Waals surface area contributed by atoms with Crippen LogP contribution >= 0.6 is 0 Å². The van der Waals surface area contributed by atoms with Crippen LogP contribution in [0, 0.1) is 6.92 Å². The first-order chi connectivity index (χ1) is 18.0. The molecular weight excluding hydrogens is 472 g/mol. The van der Waals surface area contributed by atoms with E-state index >= 15 is 0 Å². The average Bonchev–Trinajstić information content (AvgIpc) is 3.59. The third kappa shape index (κ3) is 4.56. The number of nitrogens with one attached hydrogen (secondary N) is 1. The van der Waals surface area contributed by atoms with Crippen molar-refractivity contribution in [3.63, 3.8) is 0 Å². The van der Waals surface area contributed by atoms with E-state index in [9.17, 15) is 9.59 Å². The van der Waals surface area contributed by atoms with Crippen molar-refractivity contribution < 1.29 is 14.3 Å². The van der Waals surface area contributed by atoms with Gasteiger partial charge in [-0.2, -0.15) is 10.2 Å². The molecule has 188 valence electrons. The number of para-hydroxylation sites is 1. The second-order valence-electron chi connectivity index (χ2n) is 8.39. The Kier molecular flexibility index (Phi) is 6.46. The molecule has 10 heteroatoms. The van der Waals surface area contributed by atoms with Crippen molar-refractivity contribution in [2.45, 2.75) is 20.0 Å². The summed E-state index contributed by atoms with van der Waals surface area (Å²) >= 11 is 0. The molecule has 10 nitrogen and oxygen atoms in total. The van der Waals surface area contributed by atoms with Gasteiger partial charge < -0.3 is 19.4 Å². The third-order valence-electron chi connectivity index (χ3n) is 6.03. The van der Waals surface area contributed by atoms with E-state index in [1.54, 1.807) is 44.0 Å². The molecule has 0 spiro atoms. The topological polar surface area (TPSA) is 105 Å². The van der Waals surface area contributed by atoms with Crippen molar-refractivity contribution in [3.8, 4) is 23.0 Å². The smallest absolute Gasteiger partial charge is 0.280 e. The van der Waals surface area contributed by atoms with Crippen LogP contribution < -0.4 is 20.3 Å². The molecule has 0 aliphatic heterocycles. The fraction of sp³-hybridized carbons (Fsp3) is 0.185. The van der Waals surface area contributed by atoms with Crippen molar-refractivity contribution >= 4 is 16.8 Å². The van der Waals surface area contributed by atoms with E-state index in [4.69, 9.17) is 14.6 Å². The summed E-state index contributed by atoms with van der Waals surface area (Å²) in [5, 5.41) is 12.3. The Morgan fingerprint density at radius 1 is 0.973 bits per heavy atom. The molecule has 5 aromatic rings. The van der Waals surface area contributed by atoms with Gasteiger partial charge >= 0.3 is 0 Å². The van der Waals surface area contributed by atoms with Gasteiger partial charge in [0.25, 0.3) is 5.56 Å². The number of hydrogen-bond acceptors (Lipinski definition) is 6. The maximum Gasteiger partial charge on any atom is 0.280 e. The Bertz CT molecular complexity index is 1620. The van der Waals surface area contributed by atoms with Gasteiger partial charge in [-0.1, -0.05) is 18.2 Å². The van der Waals surface area contributed by atoms with Gasteiger partial charge in [-0.05, 0) is 49.4 Å². The standard InChI is InChI=1S/C27H26N6O4/c1-18-25-24(26(31-13-7-8-14-31)33(30-25)20-9-5-4-6-10-20)27(35)32(29-18)17-23(34)28-16-19-15-21(36-2)11-12-22(19)37-3/h4-15H,16-17H2,1-3H3,(H,28,34). The van der Waals surface area contributed by atoms with Gasteiger partial charge in [0, 0.05) is 24.5 Å². The predicted molar refractivity (Wildman–Crippen MR) is 139 cm³/mol. The zero-order valence-electron chi connectivity index (χ0n) is 20.7. The molecule has 0 fully saturated rings. The highest BCUT2D eigenvalue weighted by Gasteiger charge is 2.22. The number of benzene rings is 2. The summed E-state index contributed by atoms with van der Waals surface area (Å²) in [6.07, 6.45) is 3.70. The van der Waals surface area contributed by atoms with E-state index in [1.807, 2.05) is 59.4 Å². The lowest BCUT2D eigenvalue weighted by Gasteiger charge is -2.12. The third-order valence-corrected chi connectivity index (χ3v) is 6.03. The lowest BCUT2D eigenvalue weighted by atomic mass is 10.2. The number of hydrogen-bond donors (Lipinski definition) is 1. The number of nitrogens with zero attached hydrogens (tertiary/aromatic N) is 5. The van der Waals surface area contributed by atoms with Gasteiger partial charge in [-0.25, -0.2) is 9.36 Å². The molecule has 0 saturated carbocycles. The van der Waals surface area contributed by atoms with Crippen LogP contribution in [0.25, 0.3) is 22.4 Å². The fourth-order valence-electron chi connectivity index (χ4n) is 4.24. The van der Waals surface area contributed by atoms with E-state index in [2.05, 4.69) is 10.4 Å². The highest BCUT2D eigenvalue weighted by Crippen LogP contribution is 2.25. The number of ether oxygens (including phenoxy) is 2. The van der Waals surface area contributed by atoms with Crippen molar-refractivity contribution in [2.75, 3.05) is 14.2 Å². The Morgan fingerprint density at radius 2 is 1.73 bits per heavy atom. The molecule has 0 atom stereocenters. The molecule has 0 bridgehead atoms. The van der Waals surface area contributed by atoms with Crippen LogP contribution in [-0.4, -0.2) is 44.3 Å². The van der Waals surface area contributed by atoms with E-state index in [0.717, 1.165) is 11.3 Å². The zero-order valence-corrected chi connectivity index (χ0v) is 20.7. The van der Waals surface area contributed by atoms with E-state index in [-0.39, 0.29) is 19.0 Å². The van der Waals surface area contributed by atoms with Crippen LogP contribution in [0.2, 0.25) is 0 Å². The van der Waals surface area contributed by atoms with Crippen LogP contribution in [0.4, 0.5) is 0 Å². The maximum atomic E-state index is 13.7. The summed E-state index contributed by atoms with van der Waals surface area (Å²) in [6, 6.07) is 18.7. The highest BCUT2D eigenvalue weighted by atomic mass is 16.5. The van der Waals surface area contributed by atoms with Crippen molar-refractivity contribution in [2.24, 2.45) is 0 Å². The quantitative estimate of drug-likeness (QED) is 0.353. The SMILES string of the molecule is COc1ccc(OC)c(CNC(=O)Cn2nc(C)c3nn(-c4ccccc4)c(-n4cccc4)c3c2=O)c1. The van der Waals surface area contributed by atoms with Crippen molar-refractivity contribution in [1.29, 1.82) is 0 Å². The number of methoxy groups -OCH3 is 2. The summed E-state index contributed by atoms with van der Waals surface area (Å²) in [6.45, 7) is 1.73. The highest BCUT2D eigenvalue weighted by molar-refractivity contribution is 5.88. The second-order valence-corrected chi connectivity index (χ2v) is 8.39. The Balaban J connectivity index is 1.50. The van der Waals surface area contributed by atoms with E-state index in [1.165, 1.54) is 4.68 Å². The molecule has 37 heavy (non-hydrogen) atoms. The molecule has 0 radical (unpaired) electrons. The molecule has 3 heterocycles. The minimum absolute atomic E-state index is 0.204. The van der Waals surface area contributed by atoms with Gasteiger partial charge in [0.05, 0.1) is 25.6 Å². The first-order valence-electron chi connectivity index (χ1n) is 11.7. The van der Waals surface area contributed by atoms with E-state index < -0.39 is 5.56 Å². The summed E-state index contributed by atoms with van der Waals surface area (Å²) in [5.41, 5.74) is 2.18. The molecule has 1 N–H and O–H groups in total. The van der Waals surface area contributed by atoms with Crippen LogP contribution in [-0.2, 0) is 17.9 Å². The second kappa shape index (κ2) is 10.0. The Morgan fingerprint density at radius 3 is 2.43 bits per heavy atom. The molecule has 0 aliphatic carbocycles. The lowest BCUT2D eigenvalue weighted by molar-refractivity contribution is -0.122. The molecule has 0 unspecified atom stereocenters. The first kappa shape index (κ1) is 23.9. The molecule has 0 saturated heterocycles. The molecule has 2 aromatic carbocycles. The number of carbonyl (C=O) groups is 1. The normalized spacial score (nSPS) is 11.0. The van der Waals surface area contributed by atoms with Gasteiger partial charge in [0.2, 0.25) is 5.91 Å². The summed E-state index contributed by atoms with van der Waals surface area (Å²) in [4.78, 5) is 26.5. The number of carbonyl (C=O) groups excluding carboxylic acids is 1.